The van der Waals surface area contributed by atoms with Crippen molar-refractivity contribution in [3.63, 3.8) is 0 Å². The molecule has 304 valence electrons. The van der Waals surface area contributed by atoms with Gasteiger partial charge in [-0.1, -0.05) is 62.3 Å². The smallest absolute Gasteiger partial charge is 0.292 e. The Hall–Kier alpha value is -6.41. The molecule has 6 aromatic rings. The van der Waals surface area contributed by atoms with Gasteiger partial charge in [0.1, 0.15) is 24.4 Å². The molecule has 14 heteroatoms. The van der Waals surface area contributed by atoms with Crippen molar-refractivity contribution in [3.8, 4) is 33.9 Å². The molecule has 3 aromatic heterocycles. The molecule has 0 radical (unpaired) electrons. The summed E-state index contributed by atoms with van der Waals surface area (Å²) < 4.78 is 19.1. The van der Waals surface area contributed by atoms with E-state index in [1.165, 1.54) is 5.56 Å². The fraction of sp³-hybridized carbons (Fsp3) is 0.356. The van der Waals surface area contributed by atoms with Crippen LogP contribution in [0.4, 0.5) is 0 Å². The molecule has 2 N–H and O–H groups in total. The molecule has 3 aromatic carbocycles. The number of hydrogen-bond acceptors (Lipinski definition) is 11. The summed E-state index contributed by atoms with van der Waals surface area (Å²) in [4.78, 5) is 47.5. The second-order valence-electron chi connectivity index (χ2n) is 16.3. The van der Waals surface area contributed by atoms with Crippen molar-refractivity contribution in [1.82, 2.24) is 40.3 Å². The summed E-state index contributed by atoms with van der Waals surface area (Å²) in [5.41, 5.74) is 7.62. The van der Waals surface area contributed by atoms with Crippen LogP contribution in [0.5, 0.6) is 11.5 Å². The van der Waals surface area contributed by atoms with Gasteiger partial charge in [0.2, 0.25) is 11.8 Å². The first-order valence-corrected chi connectivity index (χ1v) is 20.1. The highest BCUT2D eigenvalue weighted by molar-refractivity contribution is 6.00. The zero-order valence-electron chi connectivity index (χ0n) is 33.7. The summed E-state index contributed by atoms with van der Waals surface area (Å²) in [6.07, 6.45) is 5.76. The van der Waals surface area contributed by atoms with Gasteiger partial charge in [0.05, 0.1) is 11.2 Å². The van der Waals surface area contributed by atoms with E-state index >= 15 is 0 Å². The molecule has 5 heterocycles. The number of hydrogen-bond donors (Lipinski definition) is 2. The molecule has 59 heavy (non-hydrogen) atoms. The van der Waals surface area contributed by atoms with E-state index in [4.69, 9.17) is 14.0 Å². The van der Waals surface area contributed by atoms with Crippen LogP contribution in [0.25, 0.3) is 27.9 Å². The Labute approximate surface area is 342 Å². The van der Waals surface area contributed by atoms with Crippen molar-refractivity contribution >= 4 is 23.2 Å². The van der Waals surface area contributed by atoms with Crippen LogP contribution in [-0.2, 0) is 21.5 Å². The van der Waals surface area contributed by atoms with E-state index in [1.54, 1.807) is 6.33 Å². The molecule has 0 saturated carbocycles. The van der Waals surface area contributed by atoms with E-state index in [0.717, 1.165) is 77.3 Å². The van der Waals surface area contributed by atoms with Gasteiger partial charge in [-0.05, 0) is 97.4 Å². The molecular weight excluding hydrogens is 749 g/mol. The van der Waals surface area contributed by atoms with Crippen LogP contribution < -0.4 is 20.1 Å². The van der Waals surface area contributed by atoms with E-state index in [0.29, 0.717) is 43.6 Å². The van der Waals surface area contributed by atoms with E-state index in [1.807, 2.05) is 74.8 Å². The topological polar surface area (TPSA) is 166 Å². The van der Waals surface area contributed by atoms with Gasteiger partial charge in [0, 0.05) is 48.7 Å². The van der Waals surface area contributed by atoms with Gasteiger partial charge in [0.25, 0.3) is 17.6 Å². The molecule has 0 bridgehead atoms. The SMILES string of the molecule is Cc1cc(-c2ncnn3cc(-c4ccc(OCCN5CCC(c6ccc(OC7CCC(=O)NC7=O)cc6)CC5)cc4)cc23)ccc1CNC(=O)c1noc(C(C)(C)C)n1. The third kappa shape index (κ3) is 9.18. The Morgan fingerprint density at radius 3 is 2.39 bits per heavy atom. The fourth-order valence-electron chi connectivity index (χ4n) is 7.52. The van der Waals surface area contributed by atoms with Gasteiger partial charge < -0.3 is 19.3 Å². The van der Waals surface area contributed by atoms with Crippen LogP contribution in [0.15, 0.2) is 89.8 Å². The summed E-state index contributed by atoms with van der Waals surface area (Å²) in [6.45, 7) is 11.6. The molecular formula is C45H48N8O6. The molecule has 2 aliphatic rings. The Balaban J connectivity index is 0.813. The first-order valence-electron chi connectivity index (χ1n) is 20.1. The maximum absolute atomic E-state index is 12.7. The van der Waals surface area contributed by atoms with Crippen LogP contribution in [0.2, 0.25) is 0 Å². The molecule has 0 spiro atoms. The Kier molecular flexibility index (Phi) is 11.2. The molecule has 0 aliphatic carbocycles. The van der Waals surface area contributed by atoms with Crippen LogP contribution >= 0.6 is 0 Å². The molecule has 1 atom stereocenters. The van der Waals surface area contributed by atoms with E-state index in [2.05, 4.69) is 72.2 Å². The molecule has 14 nitrogen and oxygen atoms in total. The highest BCUT2D eigenvalue weighted by atomic mass is 16.5. The second-order valence-corrected chi connectivity index (χ2v) is 16.3. The number of rotatable bonds is 12. The predicted molar refractivity (Wildman–Crippen MR) is 220 cm³/mol. The quantitative estimate of drug-likeness (QED) is 0.131. The number of aryl methyl sites for hydroxylation is 1. The molecule has 2 fully saturated rings. The number of aromatic nitrogens is 5. The lowest BCUT2D eigenvalue weighted by Gasteiger charge is -2.32. The number of likely N-dealkylation sites (tertiary alicyclic amines) is 1. The van der Waals surface area contributed by atoms with Crippen molar-refractivity contribution in [3.05, 3.63) is 114 Å². The van der Waals surface area contributed by atoms with E-state index in [-0.39, 0.29) is 29.0 Å². The minimum absolute atomic E-state index is 0.0193. The molecule has 8 rings (SSSR count). The summed E-state index contributed by atoms with van der Waals surface area (Å²) in [5, 5.41) is 13.6. The van der Waals surface area contributed by atoms with Crippen LogP contribution in [0, 0.1) is 6.92 Å². The zero-order valence-corrected chi connectivity index (χ0v) is 33.7. The number of piperidine rings is 2. The largest absolute Gasteiger partial charge is 0.492 e. The number of nitrogens with zero attached hydrogens (tertiary/aromatic N) is 6. The number of amides is 3. The number of imide groups is 1. The first kappa shape index (κ1) is 39.4. The number of ether oxygens (including phenoxy) is 2. The van der Waals surface area contributed by atoms with Gasteiger partial charge in [-0.15, -0.1) is 0 Å². The van der Waals surface area contributed by atoms with Crippen LogP contribution in [-0.4, -0.2) is 79.7 Å². The third-order valence-corrected chi connectivity index (χ3v) is 11.0. The minimum atomic E-state index is -0.627. The monoisotopic (exact) mass is 796 g/mol. The van der Waals surface area contributed by atoms with Crippen molar-refractivity contribution in [2.24, 2.45) is 0 Å². The number of nitrogens with one attached hydrogen (secondary N) is 2. The highest BCUT2D eigenvalue weighted by Crippen LogP contribution is 2.32. The average molecular weight is 797 g/mol. The number of fused-ring (bicyclic) bond motifs is 1. The molecule has 2 saturated heterocycles. The van der Waals surface area contributed by atoms with Crippen LogP contribution in [0.1, 0.15) is 85.6 Å². The fourth-order valence-corrected chi connectivity index (χ4v) is 7.52. The number of benzene rings is 3. The van der Waals surface area contributed by atoms with E-state index < -0.39 is 6.10 Å². The Morgan fingerprint density at radius 1 is 0.932 bits per heavy atom. The van der Waals surface area contributed by atoms with Crippen molar-refractivity contribution in [2.75, 3.05) is 26.2 Å². The number of carbonyl (C=O) groups is 3. The maximum atomic E-state index is 12.7. The second kappa shape index (κ2) is 16.8. The molecule has 2 aliphatic heterocycles. The average Bonchev–Trinajstić information content (AvgIpc) is 3.92. The van der Waals surface area contributed by atoms with Gasteiger partial charge in [0.15, 0.2) is 6.10 Å². The number of carbonyl (C=O) groups excluding carboxylic acids is 3. The van der Waals surface area contributed by atoms with Crippen molar-refractivity contribution in [1.29, 1.82) is 0 Å². The summed E-state index contributed by atoms with van der Waals surface area (Å²) in [7, 11) is 0. The summed E-state index contributed by atoms with van der Waals surface area (Å²) in [5.74, 6) is 1.37. The highest BCUT2D eigenvalue weighted by Gasteiger charge is 2.29. The third-order valence-electron chi connectivity index (χ3n) is 11.0. The zero-order chi connectivity index (χ0) is 41.1. The molecule has 1 unspecified atom stereocenters. The van der Waals surface area contributed by atoms with Crippen molar-refractivity contribution < 1.29 is 28.4 Å². The summed E-state index contributed by atoms with van der Waals surface area (Å²) >= 11 is 0. The normalized spacial score (nSPS) is 16.6. The Morgan fingerprint density at radius 2 is 1.68 bits per heavy atom. The minimum Gasteiger partial charge on any atom is -0.492 e. The van der Waals surface area contributed by atoms with Gasteiger partial charge in [-0.2, -0.15) is 10.1 Å². The van der Waals surface area contributed by atoms with Crippen LogP contribution in [0.3, 0.4) is 0 Å². The van der Waals surface area contributed by atoms with Crippen molar-refractivity contribution in [2.45, 2.75) is 77.4 Å². The van der Waals surface area contributed by atoms with Gasteiger partial charge in [-0.3, -0.25) is 24.6 Å². The maximum Gasteiger partial charge on any atom is 0.292 e. The predicted octanol–water partition coefficient (Wildman–Crippen LogP) is 6.42. The lowest BCUT2D eigenvalue weighted by atomic mass is 9.89. The van der Waals surface area contributed by atoms with Gasteiger partial charge in [-0.25, -0.2) is 9.50 Å². The lowest BCUT2D eigenvalue weighted by Crippen LogP contribution is -2.46. The molecule has 3 amide bonds. The first-order chi connectivity index (χ1) is 28.5. The lowest BCUT2D eigenvalue weighted by molar-refractivity contribution is -0.138. The standard InChI is InChI=1S/C45H48N8O6/c1-28-23-32(5-6-33(28)25-46-43(56)41-50-44(59-51-41)45(2,3)4)40-37-24-34(26-53(37)48-27-47-40)30-7-11-35(12-8-30)57-22-21-52-19-17-31(18-20-52)29-9-13-36(14-10-29)58-38-15-16-39(54)49-42(38)55/h5-14,23-24,26-27,31,38H,15-22,25H2,1-4H3,(H,46,56)(H,49,54,55). The Bertz CT molecular complexity index is 2460. The van der Waals surface area contributed by atoms with Gasteiger partial charge >= 0.3 is 0 Å². The summed E-state index contributed by atoms with van der Waals surface area (Å²) in [6, 6.07) is 24.3. The van der Waals surface area contributed by atoms with E-state index in [9.17, 15) is 14.4 Å².